The summed E-state index contributed by atoms with van der Waals surface area (Å²) in [4.78, 5) is 0.441. The minimum atomic E-state index is 0.364. The fraction of sp³-hybridized carbons (Fsp3) is 0.533. The highest BCUT2D eigenvalue weighted by Gasteiger charge is 2.20. The molecule has 0 heterocycles. The average Bonchev–Trinajstić information content (AvgIpc) is 2.31. The number of benzene rings is 1. The topological polar surface area (TPSA) is 35.2 Å². The first-order chi connectivity index (χ1) is 8.56. The van der Waals surface area contributed by atoms with E-state index in [1.54, 1.807) is 0 Å². The van der Waals surface area contributed by atoms with Gasteiger partial charge in [0.2, 0.25) is 0 Å². The van der Waals surface area contributed by atoms with Crippen LogP contribution >= 0.6 is 12.2 Å². The van der Waals surface area contributed by atoms with Gasteiger partial charge in [-0.15, -0.1) is 0 Å². The lowest BCUT2D eigenvalue weighted by atomic mass is 9.88. The molecule has 3 heteroatoms. The largest absolute Gasteiger partial charge is 0.490 e. The highest BCUT2D eigenvalue weighted by Crippen LogP contribution is 2.29. The Morgan fingerprint density at radius 2 is 2.17 bits per heavy atom. The quantitative estimate of drug-likeness (QED) is 0.846. The summed E-state index contributed by atoms with van der Waals surface area (Å²) in [6, 6.07) is 5.93. The van der Waals surface area contributed by atoms with Crippen molar-refractivity contribution in [3.63, 3.8) is 0 Å². The van der Waals surface area contributed by atoms with Gasteiger partial charge in [-0.05, 0) is 55.9 Å². The summed E-state index contributed by atoms with van der Waals surface area (Å²) in [7, 11) is 0. The van der Waals surface area contributed by atoms with Crippen molar-refractivity contribution in [1.29, 1.82) is 0 Å². The molecule has 2 N–H and O–H groups in total. The van der Waals surface area contributed by atoms with Crippen LogP contribution in [0.25, 0.3) is 0 Å². The number of hydrogen-bond donors (Lipinski definition) is 1. The Kier molecular flexibility index (Phi) is 4.23. The van der Waals surface area contributed by atoms with Gasteiger partial charge in [-0.3, -0.25) is 0 Å². The number of ether oxygens (including phenoxy) is 1. The molecule has 0 aliphatic heterocycles. The van der Waals surface area contributed by atoms with Crippen LogP contribution in [0.1, 0.15) is 43.7 Å². The molecule has 2 nitrogen and oxygen atoms in total. The second-order valence-corrected chi connectivity index (χ2v) is 5.80. The Balaban J connectivity index is 2.07. The van der Waals surface area contributed by atoms with Gasteiger partial charge >= 0.3 is 0 Å². The summed E-state index contributed by atoms with van der Waals surface area (Å²) in [6.07, 6.45) is 5.30. The Bertz CT molecular complexity index is 444. The van der Waals surface area contributed by atoms with Gasteiger partial charge in [0.25, 0.3) is 0 Å². The van der Waals surface area contributed by atoms with Gasteiger partial charge in [0.15, 0.2) is 0 Å². The summed E-state index contributed by atoms with van der Waals surface area (Å²) in [5.74, 6) is 1.74. The number of thiocarbonyl (C=S) groups is 1. The van der Waals surface area contributed by atoms with Gasteiger partial charge in [0.1, 0.15) is 10.7 Å². The van der Waals surface area contributed by atoms with Gasteiger partial charge in [-0.2, -0.15) is 0 Å². The van der Waals surface area contributed by atoms with Crippen LogP contribution in [0.5, 0.6) is 5.75 Å². The maximum atomic E-state index is 6.11. The molecule has 0 saturated heterocycles. The third-order valence-corrected chi connectivity index (χ3v) is 3.88. The van der Waals surface area contributed by atoms with Crippen LogP contribution in [0.15, 0.2) is 18.2 Å². The van der Waals surface area contributed by atoms with Crippen molar-refractivity contribution in [2.24, 2.45) is 11.7 Å². The summed E-state index contributed by atoms with van der Waals surface area (Å²) in [5.41, 5.74) is 7.64. The minimum absolute atomic E-state index is 0.364. The summed E-state index contributed by atoms with van der Waals surface area (Å²) in [5, 5.41) is 0. The van der Waals surface area contributed by atoms with E-state index in [9.17, 15) is 0 Å². The summed E-state index contributed by atoms with van der Waals surface area (Å²) >= 11 is 4.98. The first-order valence-electron chi connectivity index (χ1n) is 6.63. The van der Waals surface area contributed by atoms with E-state index in [4.69, 9.17) is 22.7 Å². The van der Waals surface area contributed by atoms with Gasteiger partial charge in [0.05, 0.1) is 6.10 Å². The highest BCUT2D eigenvalue weighted by molar-refractivity contribution is 7.80. The van der Waals surface area contributed by atoms with Gasteiger partial charge in [0, 0.05) is 5.56 Å². The van der Waals surface area contributed by atoms with Crippen molar-refractivity contribution >= 4 is 17.2 Å². The Hall–Kier alpha value is -1.09. The molecule has 1 fully saturated rings. The van der Waals surface area contributed by atoms with Crippen molar-refractivity contribution in [3.05, 3.63) is 29.3 Å². The van der Waals surface area contributed by atoms with Crippen LogP contribution in [-0.2, 0) is 0 Å². The van der Waals surface area contributed by atoms with Crippen molar-refractivity contribution in [3.8, 4) is 5.75 Å². The van der Waals surface area contributed by atoms with E-state index in [2.05, 4.69) is 6.92 Å². The monoisotopic (exact) mass is 263 g/mol. The molecule has 1 aromatic rings. The average molecular weight is 263 g/mol. The standard InChI is InChI=1S/C15H21NOS/c1-10-4-3-5-13(8-10)17-14-7-6-12(15(16)18)9-11(14)2/h6-7,9-10,13H,3-5,8H2,1-2H3,(H2,16,18). The highest BCUT2D eigenvalue weighted by atomic mass is 32.1. The lowest BCUT2D eigenvalue weighted by Gasteiger charge is -2.28. The van der Waals surface area contributed by atoms with Crippen molar-refractivity contribution in [2.45, 2.75) is 45.6 Å². The number of hydrogen-bond acceptors (Lipinski definition) is 2. The van der Waals surface area contributed by atoms with Crippen molar-refractivity contribution in [1.82, 2.24) is 0 Å². The summed E-state index contributed by atoms with van der Waals surface area (Å²) in [6.45, 7) is 4.35. The maximum absolute atomic E-state index is 6.11. The third-order valence-electron chi connectivity index (χ3n) is 3.64. The Labute approximate surface area is 115 Å². The predicted octanol–water partition coefficient (Wildman–Crippen LogP) is 3.59. The molecule has 2 unspecified atom stereocenters. The van der Waals surface area contributed by atoms with Crippen LogP contribution in [-0.4, -0.2) is 11.1 Å². The first kappa shape index (κ1) is 13.3. The molecule has 1 aromatic carbocycles. The van der Waals surface area contributed by atoms with E-state index in [1.165, 1.54) is 19.3 Å². The molecule has 0 bridgehead atoms. The molecule has 0 amide bonds. The van der Waals surface area contributed by atoms with Gasteiger partial charge in [-0.25, -0.2) is 0 Å². The first-order valence-corrected chi connectivity index (χ1v) is 7.04. The lowest BCUT2D eigenvalue weighted by Crippen LogP contribution is -2.24. The van der Waals surface area contributed by atoms with Crippen LogP contribution in [0.3, 0.4) is 0 Å². The molecular weight excluding hydrogens is 242 g/mol. The molecule has 0 radical (unpaired) electrons. The molecule has 1 aliphatic carbocycles. The fourth-order valence-corrected chi connectivity index (χ4v) is 2.73. The Morgan fingerprint density at radius 1 is 1.39 bits per heavy atom. The minimum Gasteiger partial charge on any atom is -0.490 e. The molecule has 1 aliphatic rings. The summed E-state index contributed by atoms with van der Waals surface area (Å²) < 4.78 is 6.11. The van der Waals surface area contributed by atoms with Crippen molar-refractivity contribution in [2.75, 3.05) is 0 Å². The maximum Gasteiger partial charge on any atom is 0.122 e. The molecule has 2 rings (SSSR count). The number of rotatable bonds is 3. The van der Waals surface area contributed by atoms with E-state index >= 15 is 0 Å². The smallest absolute Gasteiger partial charge is 0.122 e. The van der Waals surface area contributed by atoms with Crippen LogP contribution in [0.4, 0.5) is 0 Å². The zero-order chi connectivity index (χ0) is 13.1. The second kappa shape index (κ2) is 5.70. The fourth-order valence-electron chi connectivity index (χ4n) is 2.60. The molecule has 18 heavy (non-hydrogen) atoms. The van der Waals surface area contributed by atoms with E-state index in [1.807, 2.05) is 25.1 Å². The van der Waals surface area contributed by atoms with Crippen LogP contribution in [0, 0.1) is 12.8 Å². The van der Waals surface area contributed by atoms with E-state index < -0.39 is 0 Å². The lowest BCUT2D eigenvalue weighted by molar-refractivity contribution is 0.128. The normalized spacial score (nSPS) is 23.7. The molecule has 2 atom stereocenters. The number of nitrogens with two attached hydrogens (primary N) is 1. The molecule has 0 aromatic heterocycles. The Morgan fingerprint density at radius 3 is 2.78 bits per heavy atom. The SMILES string of the molecule is Cc1cc(C(N)=S)ccc1OC1CCCC(C)C1. The third kappa shape index (κ3) is 3.22. The van der Waals surface area contributed by atoms with Crippen LogP contribution in [0.2, 0.25) is 0 Å². The van der Waals surface area contributed by atoms with Gasteiger partial charge in [-0.1, -0.05) is 25.6 Å². The molecule has 0 spiro atoms. The predicted molar refractivity (Wildman–Crippen MR) is 79.1 cm³/mol. The van der Waals surface area contributed by atoms with Gasteiger partial charge < -0.3 is 10.5 Å². The molecule has 98 valence electrons. The van der Waals surface area contributed by atoms with E-state index in [0.717, 1.165) is 29.2 Å². The molecular formula is C15H21NOS. The number of aryl methyl sites for hydroxylation is 1. The second-order valence-electron chi connectivity index (χ2n) is 5.36. The zero-order valence-electron chi connectivity index (χ0n) is 11.1. The molecule has 1 saturated carbocycles. The van der Waals surface area contributed by atoms with Crippen molar-refractivity contribution < 1.29 is 4.74 Å². The van der Waals surface area contributed by atoms with Crippen LogP contribution < -0.4 is 10.5 Å². The zero-order valence-corrected chi connectivity index (χ0v) is 11.9. The van der Waals surface area contributed by atoms with E-state index in [-0.39, 0.29) is 0 Å². The van der Waals surface area contributed by atoms with E-state index in [0.29, 0.717) is 11.1 Å².